The van der Waals surface area contributed by atoms with Crippen LogP contribution in [0.3, 0.4) is 0 Å². The van der Waals surface area contributed by atoms with E-state index >= 15 is 0 Å². The first-order valence-electron chi connectivity index (χ1n) is 10.5. The molecule has 0 radical (unpaired) electrons. The fourth-order valence-corrected chi connectivity index (χ4v) is 4.26. The molecule has 0 aliphatic carbocycles. The van der Waals surface area contributed by atoms with Crippen LogP contribution in [0.4, 0.5) is 10.2 Å². The number of carbonyl (C=O) groups is 1. The van der Waals surface area contributed by atoms with Crippen LogP contribution in [0.25, 0.3) is 10.9 Å². The lowest BCUT2D eigenvalue weighted by Crippen LogP contribution is -2.41. The van der Waals surface area contributed by atoms with Gasteiger partial charge in [-0.2, -0.15) is 0 Å². The molecule has 1 N–H and O–H groups in total. The van der Waals surface area contributed by atoms with E-state index in [-0.39, 0.29) is 46.2 Å². The molecule has 0 spiro atoms. The van der Waals surface area contributed by atoms with Gasteiger partial charge < -0.3 is 19.5 Å². The number of aromatic hydroxyl groups is 1. The van der Waals surface area contributed by atoms with E-state index in [1.165, 1.54) is 24.5 Å². The molecule has 2 aromatic heterocycles. The number of hydrogen-bond donors (Lipinski definition) is 1. The first kappa shape index (κ1) is 22.8. The third kappa shape index (κ3) is 3.84. The Balaban J connectivity index is 2.00. The van der Waals surface area contributed by atoms with Gasteiger partial charge in [-0.3, -0.25) is 9.59 Å². The molecule has 4 rings (SSSR count). The summed E-state index contributed by atoms with van der Waals surface area (Å²) < 4.78 is 16.4. The maximum Gasteiger partial charge on any atom is 0.280 e. The molecular weight excluding hydrogens is 451 g/mol. The standard InChI is InChI=1S/C22H24ClFN6O3/c1-5-28-9-12(2)30-17-16(19(31)18(30)22(28)33)21(32)29(26-20(17)25-11-27(3)4)10-13-6-7-15(24)14(23)8-13/h6-8,11-12,31H,5,9-10H2,1-4H3/t12-/m0/s1. The molecule has 1 aliphatic heterocycles. The number of nitrogens with zero attached hydrogens (tertiary/aromatic N) is 6. The van der Waals surface area contributed by atoms with Crippen molar-refractivity contribution in [3.05, 3.63) is 50.7 Å². The Bertz CT molecular complexity index is 1350. The monoisotopic (exact) mass is 474 g/mol. The van der Waals surface area contributed by atoms with Crippen molar-refractivity contribution in [2.24, 2.45) is 4.99 Å². The summed E-state index contributed by atoms with van der Waals surface area (Å²) in [4.78, 5) is 34.2. The summed E-state index contributed by atoms with van der Waals surface area (Å²) in [6.07, 6.45) is 1.52. The molecule has 3 heterocycles. The van der Waals surface area contributed by atoms with Crippen molar-refractivity contribution in [3.8, 4) is 5.75 Å². The molecule has 9 nitrogen and oxygen atoms in total. The average Bonchev–Trinajstić information content (AvgIpc) is 3.08. The Morgan fingerprint density at radius 3 is 2.73 bits per heavy atom. The molecule has 11 heteroatoms. The third-order valence-electron chi connectivity index (χ3n) is 5.58. The van der Waals surface area contributed by atoms with Crippen LogP contribution in [0.1, 0.15) is 35.9 Å². The fourth-order valence-electron chi connectivity index (χ4n) is 4.06. The molecule has 0 fully saturated rings. The maximum absolute atomic E-state index is 13.6. The normalized spacial score (nSPS) is 16.1. The molecule has 33 heavy (non-hydrogen) atoms. The van der Waals surface area contributed by atoms with Crippen LogP contribution in [-0.2, 0) is 6.54 Å². The number of halogens is 2. The highest BCUT2D eigenvalue weighted by Gasteiger charge is 2.36. The van der Waals surface area contributed by atoms with E-state index in [1.807, 2.05) is 13.8 Å². The van der Waals surface area contributed by atoms with Crippen molar-refractivity contribution in [1.82, 2.24) is 24.1 Å². The number of amides is 1. The second-order valence-corrected chi connectivity index (χ2v) is 8.63. The zero-order valence-corrected chi connectivity index (χ0v) is 19.5. The van der Waals surface area contributed by atoms with Crippen LogP contribution in [0.2, 0.25) is 5.02 Å². The smallest absolute Gasteiger partial charge is 0.280 e. The maximum atomic E-state index is 13.6. The molecule has 3 aromatic rings. The molecule has 0 saturated carbocycles. The van der Waals surface area contributed by atoms with Crippen molar-refractivity contribution in [2.45, 2.75) is 26.4 Å². The van der Waals surface area contributed by atoms with Crippen molar-refractivity contribution in [3.63, 3.8) is 0 Å². The molecule has 0 bridgehead atoms. The minimum absolute atomic E-state index is 0.0240. The summed E-state index contributed by atoms with van der Waals surface area (Å²) in [5.41, 5.74) is 0.309. The molecule has 174 valence electrons. The number of fused-ring (bicyclic) bond motifs is 3. The summed E-state index contributed by atoms with van der Waals surface area (Å²) in [6.45, 7) is 4.64. The number of aromatic nitrogens is 3. The highest BCUT2D eigenvalue weighted by Crippen LogP contribution is 2.39. The predicted molar refractivity (Wildman–Crippen MR) is 124 cm³/mol. The summed E-state index contributed by atoms with van der Waals surface area (Å²) in [7, 11) is 3.57. The quantitative estimate of drug-likeness (QED) is 0.453. The first-order valence-corrected chi connectivity index (χ1v) is 10.8. The Morgan fingerprint density at radius 2 is 2.09 bits per heavy atom. The summed E-state index contributed by atoms with van der Waals surface area (Å²) in [6, 6.07) is 3.91. The van der Waals surface area contributed by atoms with Crippen LogP contribution in [0.5, 0.6) is 5.75 Å². The van der Waals surface area contributed by atoms with E-state index in [0.717, 1.165) is 4.68 Å². The Morgan fingerprint density at radius 1 is 1.36 bits per heavy atom. The number of carbonyl (C=O) groups excluding carboxylic acids is 1. The zero-order chi connectivity index (χ0) is 24.0. The van der Waals surface area contributed by atoms with Gasteiger partial charge >= 0.3 is 0 Å². The highest BCUT2D eigenvalue weighted by molar-refractivity contribution is 6.30. The summed E-state index contributed by atoms with van der Waals surface area (Å²) >= 11 is 5.89. The number of aliphatic imine (C=N–C) groups is 1. The second-order valence-electron chi connectivity index (χ2n) is 8.23. The molecule has 0 unspecified atom stereocenters. The van der Waals surface area contributed by atoms with Gasteiger partial charge in [0.25, 0.3) is 11.5 Å². The van der Waals surface area contributed by atoms with E-state index in [1.54, 1.807) is 28.5 Å². The predicted octanol–water partition coefficient (Wildman–Crippen LogP) is 3.00. The summed E-state index contributed by atoms with van der Waals surface area (Å²) in [5.74, 6) is -1.14. The Labute approximate surface area is 194 Å². The molecular formula is C22H24ClFN6O3. The van der Waals surface area contributed by atoms with Crippen molar-refractivity contribution in [1.29, 1.82) is 0 Å². The van der Waals surface area contributed by atoms with Gasteiger partial charge in [0.1, 0.15) is 16.7 Å². The lowest BCUT2D eigenvalue weighted by molar-refractivity contribution is 0.0686. The Hall–Kier alpha value is -3.40. The van der Waals surface area contributed by atoms with E-state index < -0.39 is 11.4 Å². The molecule has 0 saturated heterocycles. The van der Waals surface area contributed by atoms with Gasteiger partial charge in [0, 0.05) is 33.2 Å². The zero-order valence-electron chi connectivity index (χ0n) is 18.7. The van der Waals surface area contributed by atoms with Crippen LogP contribution >= 0.6 is 11.6 Å². The number of benzene rings is 1. The molecule has 1 aromatic carbocycles. The number of rotatable bonds is 5. The van der Waals surface area contributed by atoms with Gasteiger partial charge in [-0.1, -0.05) is 17.7 Å². The van der Waals surface area contributed by atoms with E-state index in [9.17, 15) is 19.1 Å². The van der Waals surface area contributed by atoms with Crippen molar-refractivity contribution < 1.29 is 14.3 Å². The van der Waals surface area contributed by atoms with E-state index in [2.05, 4.69) is 10.1 Å². The number of likely N-dealkylation sites (N-methyl/N-ethyl adjacent to an activating group) is 1. The lowest BCUT2D eigenvalue weighted by Gasteiger charge is -2.32. The van der Waals surface area contributed by atoms with Gasteiger partial charge in [-0.25, -0.2) is 14.1 Å². The van der Waals surface area contributed by atoms with Crippen LogP contribution in [-0.4, -0.2) is 68.7 Å². The summed E-state index contributed by atoms with van der Waals surface area (Å²) in [5, 5.41) is 15.4. The van der Waals surface area contributed by atoms with Crippen LogP contribution in [0.15, 0.2) is 28.0 Å². The van der Waals surface area contributed by atoms with Crippen molar-refractivity contribution >= 4 is 40.6 Å². The van der Waals surface area contributed by atoms with Crippen LogP contribution < -0.4 is 5.56 Å². The fraction of sp³-hybridized carbons (Fsp3) is 0.364. The SMILES string of the molecule is CCN1C[C@H](C)n2c(c(O)c3c(=O)n(Cc4ccc(F)c(Cl)c4)nc(N=CN(C)C)c32)C1=O. The third-order valence-corrected chi connectivity index (χ3v) is 5.87. The minimum Gasteiger partial charge on any atom is -0.505 e. The number of hydrogen-bond acceptors (Lipinski definition) is 5. The average molecular weight is 475 g/mol. The van der Waals surface area contributed by atoms with E-state index in [0.29, 0.717) is 24.2 Å². The van der Waals surface area contributed by atoms with Gasteiger partial charge in [0.15, 0.2) is 17.3 Å². The van der Waals surface area contributed by atoms with Gasteiger partial charge in [-0.15, -0.1) is 5.10 Å². The second kappa shape index (κ2) is 8.51. The molecule has 1 atom stereocenters. The first-order chi connectivity index (χ1) is 15.6. The largest absolute Gasteiger partial charge is 0.505 e. The molecule has 1 amide bonds. The lowest BCUT2D eigenvalue weighted by atomic mass is 10.2. The minimum atomic E-state index is -0.586. The van der Waals surface area contributed by atoms with Gasteiger partial charge in [0.2, 0.25) is 0 Å². The molecule has 1 aliphatic rings. The van der Waals surface area contributed by atoms with E-state index in [4.69, 9.17) is 11.6 Å². The van der Waals surface area contributed by atoms with Gasteiger partial charge in [-0.05, 0) is 31.5 Å². The van der Waals surface area contributed by atoms with Crippen LogP contribution in [0, 0.1) is 5.82 Å². The van der Waals surface area contributed by atoms with Crippen molar-refractivity contribution in [2.75, 3.05) is 27.2 Å². The highest BCUT2D eigenvalue weighted by atomic mass is 35.5. The van der Waals surface area contributed by atoms with Gasteiger partial charge in [0.05, 0.1) is 17.9 Å². The Kier molecular flexibility index (Phi) is 5.87. The topological polar surface area (TPSA) is 96.0 Å².